The van der Waals surface area contributed by atoms with E-state index >= 15 is 0 Å². The third kappa shape index (κ3) is 4.62. The maximum atomic E-state index is 12.8. The number of hydrogen-bond donors (Lipinski definition) is 0. The number of rotatable bonds is 4. The summed E-state index contributed by atoms with van der Waals surface area (Å²) in [7, 11) is -3.75. The Hall–Kier alpha value is -1.63. The fourth-order valence-corrected chi connectivity index (χ4v) is 5.24. The van der Waals surface area contributed by atoms with Gasteiger partial charge in [-0.2, -0.15) is 0 Å². The van der Waals surface area contributed by atoms with E-state index in [1.807, 2.05) is 0 Å². The fraction of sp³-hybridized carbons (Fsp3) is 0.368. The molecule has 8 heteroatoms. The van der Waals surface area contributed by atoms with E-state index < -0.39 is 9.84 Å². The third-order valence-electron chi connectivity index (χ3n) is 4.56. The number of hydrogen-bond acceptors (Lipinski definition) is 4. The number of amides is 1. The van der Waals surface area contributed by atoms with Gasteiger partial charge in [0.25, 0.3) is 5.91 Å². The van der Waals surface area contributed by atoms with Crippen molar-refractivity contribution >= 4 is 38.9 Å². The van der Waals surface area contributed by atoms with Gasteiger partial charge in [0.2, 0.25) is 0 Å². The summed E-state index contributed by atoms with van der Waals surface area (Å²) in [5.41, 5.74) is 1.26. The molecule has 1 aliphatic heterocycles. The summed E-state index contributed by atoms with van der Waals surface area (Å²) >= 11 is 12.2. The minimum Gasteiger partial charge on any atom is -0.337 e. The average molecular weight is 427 g/mol. The van der Waals surface area contributed by atoms with Crippen molar-refractivity contribution in [1.29, 1.82) is 0 Å². The first-order valence-electron chi connectivity index (χ1n) is 8.71. The van der Waals surface area contributed by atoms with Gasteiger partial charge in [-0.05, 0) is 56.0 Å². The van der Waals surface area contributed by atoms with Crippen molar-refractivity contribution < 1.29 is 13.2 Å². The van der Waals surface area contributed by atoms with Gasteiger partial charge in [-0.1, -0.05) is 29.3 Å². The Morgan fingerprint density at radius 1 is 1.11 bits per heavy atom. The lowest BCUT2D eigenvalue weighted by Gasteiger charge is -2.26. The van der Waals surface area contributed by atoms with Crippen LogP contribution in [-0.2, 0) is 15.6 Å². The lowest BCUT2D eigenvalue weighted by atomic mass is 10.1. The highest BCUT2D eigenvalue weighted by molar-refractivity contribution is 7.90. The minimum atomic E-state index is -3.75. The van der Waals surface area contributed by atoms with Crippen molar-refractivity contribution in [3.05, 3.63) is 57.3 Å². The van der Waals surface area contributed by atoms with E-state index in [0.717, 1.165) is 19.3 Å². The molecule has 0 atom stereocenters. The highest BCUT2D eigenvalue weighted by Gasteiger charge is 2.23. The quantitative estimate of drug-likeness (QED) is 0.730. The zero-order chi connectivity index (χ0) is 19.6. The predicted octanol–water partition coefficient (Wildman–Crippen LogP) is 4.30. The molecule has 0 N–H and O–H groups in total. The van der Waals surface area contributed by atoms with Crippen molar-refractivity contribution in [2.24, 2.45) is 0 Å². The Morgan fingerprint density at radius 2 is 1.81 bits per heavy atom. The van der Waals surface area contributed by atoms with E-state index in [4.69, 9.17) is 23.2 Å². The first kappa shape index (κ1) is 20.1. The van der Waals surface area contributed by atoms with Crippen LogP contribution in [0.5, 0.6) is 0 Å². The number of piperidine rings is 1. The van der Waals surface area contributed by atoms with Gasteiger partial charge in [-0.3, -0.25) is 4.79 Å². The Labute approximate surface area is 169 Å². The number of sulfone groups is 1. The second-order valence-electron chi connectivity index (χ2n) is 6.66. The normalized spacial score (nSPS) is 15.0. The molecule has 144 valence electrons. The van der Waals surface area contributed by atoms with Gasteiger partial charge in [0.05, 0.1) is 21.4 Å². The zero-order valence-electron chi connectivity index (χ0n) is 14.9. The summed E-state index contributed by atoms with van der Waals surface area (Å²) in [6.45, 7) is 3.17. The Bertz CT molecular complexity index is 971. The molecule has 1 amide bonds. The van der Waals surface area contributed by atoms with Crippen LogP contribution in [0.3, 0.4) is 0 Å². The minimum absolute atomic E-state index is 0.0330. The number of nitrogens with zero attached hydrogens (tertiary/aromatic N) is 2. The molecule has 0 spiro atoms. The van der Waals surface area contributed by atoms with Crippen LogP contribution in [-0.4, -0.2) is 37.3 Å². The topological polar surface area (TPSA) is 67.3 Å². The molecule has 0 unspecified atom stereocenters. The largest absolute Gasteiger partial charge is 0.337 e. The Kier molecular flexibility index (Phi) is 6.08. The number of pyridine rings is 1. The molecule has 1 aromatic carbocycles. The summed E-state index contributed by atoms with van der Waals surface area (Å²) in [6, 6.07) is 7.74. The molecule has 3 rings (SSSR count). The average Bonchev–Trinajstić information content (AvgIpc) is 2.64. The van der Waals surface area contributed by atoms with E-state index in [9.17, 15) is 13.2 Å². The molecular formula is C19H20Cl2N2O3S. The molecule has 0 radical (unpaired) electrons. The highest BCUT2D eigenvalue weighted by atomic mass is 35.5. The Balaban J connectivity index is 1.85. The summed E-state index contributed by atoms with van der Waals surface area (Å²) in [5.74, 6) is -0.516. The molecule has 1 fully saturated rings. The van der Waals surface area contributed by atoms with Crippen molar-refractivity contribution in [3.63, 3.8) is 0 Å². The molecule has 1 aliphatic rings. The first-order chi connectivity index (χ1) is 12.8. The number of halogens is 2. The van der Waals surface area contributed by atoms with Gasteiger partial charge < -0.3 is 4.90 Å². The second kappa shape index (κ2) is 8.17. The monoisotopic (exact) mass is 426 g/mol. The van der Waals surface area contributed by atoms with E-state index in [2.05, 4.69) is 4.98 Å². The summed E-state index contributed by atoms with van der Waals surface area (Å²) in [5, 5.41) is 0.456. The van der Waals surface area contributed by atoms with Gasteiger partial charge in [0.1, 0.15) is 5.69 Å². The second-order valence-corrected chi connectivity index (χ2v) is 9.43. The van der Waals surface area contributed by atoms with Gasteiger partial charge in [0, 0.05) is 18.1 Å². The molecule has 2 heterocycles. The van der Waals surface area contributed by atoms with E-state index in [-0.39, 0.29) is 27.3 Å². The van der Waals surface area contributed by atoms with E-state index in [1.54, 1.807) is 30.0 Å². The molecule has 1 aromatic heterocycles. The van der Waals surface area contributed by atoms with E-state index in [0.29, 0.717) is 29.4 Å². The SMILES string of the molecule is Cc1cc(Cl)c(S(=O)(=O)Cc2cccc(C(=O)N3CCCCC3)n2)cc1Cl. The van der Waals surface area contributed by atoms with Crippen LogP contribution in [0.4, 0.5) is 0 Å². The van der Waals surface area contributed by atoms with Gasteiger partial charge in [-0.15, -0.1) is 0 Å². The first-order valence-corrected chi connectivity index (χ1v) is 11.1. The van der Waals surface area contributed by atoms with Crippen LogP contribution >= 0.6 is 23.2 Å². The molecule has 2 aromatic rings. The van der Waals surface area contributed by atoms with Crippen molar-refractivity contribution in [1.82, 2.24) is 9.88 Å². The lowest BCUT2D eigenvalue weighted by molar-refractivity contribution is 0.0718. The van der Waals surface area contributed by atoms with Crippen LogP contribution in [0.15, 0.2) is 35.2 Å². The lowest BCUT2D eigenvalue weighted by Crippen LogP contribution is -2.36. The summed E-state index contributed by atoms with van der Waals surface area (Å²) < 4.78 is 25.6. The molecule has 0 aliphatic carbocycles. The van der Waals surface area contributed by atoms with Gasteiger partial charge >= 0.3 is 0 Å². The van der Waals surface area contributed by atoms with Crippen molar-refractivity contribution in [2.45, 2.75) is 36.8 Å². The fourth-order valence-electron chi connectivity index (χ4n) is 3.08. The number of carbonyl (C=O) groups excluding carboxylic acids is 1. The van der Waals surface area contributed by atoms with Crippen LogP contribution in [0, 0.1) is 6.92 Å². The maximum Gasteiger partial charge on any atom is 0.272 e. The third-order valence-corrected chi connectivity index (χ3v) is 7.07. The smallest absolute Gasteiger partial charge is 0.272 e. The van der Waals surface area contributed by atoms with Gasteiger partial charge in [-0.25, -0.2) is 13.4 Å². The number of benzene rings is 1. The standard InChI is InChI=1S/C19H20Cl2N2O3S/c1-13-10-16(21)18(11-15(13)20)27(25,26)12-14-6-5-7-17(22-14)19(24)23-8-3-2-4-9-23/h5-7,10-11H,2-4,8-9,12H2,1H3. The Morgan fingerprint density at radius 3 is 2.52 bits per heavy atom. The van der Waals surface area contributed by atoms with Crippen molar-refractivity contribution in [2.75, 3.05) is 13.1 Å². The molecule has 0 saturated carbocycles. The maximum absolute atomic E-state index is 12.8. The summed E-state index contributed by atoms with van der Waals surface area (Å²) in [6.07, 6.45) is 3.08. The predicted molar refractivity (Wildman–Crippen MR) is 106 cm³/mol. The molecule has 0 bridgehead atoms. The van der Waals surface area contributed by atoms with Gasteiger partial charge in [0.15, 0.2) is 9.84 Å². The highest BCUT2D eigenvalue weighted by Crippen LogP contribution is 2.30. The van der Waals surface area contributed by atoms with Crippen LogP contribution in [0.1, 0.15) is 41.0 Å². The number of carbonyl (C=O) groups is 1. The molecule has 27 heavy (non-hydrogen) atoms. The molecule has 5 nitrogen and oxygen atoms in total. The van der Waals surface area contributed by atoms with Crippen molar-refractivity contribution in [3.8, 4) is 0 Å². The number of likely N-dealkylation sites (tertiary alicyclic amines) is 1. The zero-order valence-corrected chi connectivity index (χ0v) is 17.2. The number of aryl methyl sites for hydroxylation is 1. The van der Waals surface area contributed by atoms with Crippen LogP contribution < -0.4 is 0 Å². The molecular weight excluding hydrogens is 407 g/mol. The van der Waals surface area contributed by atoms with Crippen LogP contribution in [0.2, 0.25) is 10.0 Å². The molecule has 1 saturated heterocycles. The van der Waals surface area contributed by atoms with E-state index in [1.165, 1.54) is 12.1 Å². The number of aromatic nitrogens is 1. The van der Waals surface area contributed by atoms with Crippen LogP contribution in [0.25, 0.3) is 0 Å². The summed E-state index contributed by atoms with van der Waals surface area (Å²) in [4.78, 5) is 18.6.